The van der Waals surface area contributed by atoms with Gasteiger partial charge in [0, 0.05) is 0 Å². The van der Waals surface area contributed by atoms with Crippen LogP contribution in [0.5, 0.6) is 5.75 Å². The summed E-state index contributed by atoms with van der Waals surface area (Å²) in [7, 11) is 0. The summed E-state index contributed by atoms with van der Waals surface area (Å²) in [6.45, 7) is 0. The van der Waals surface area contributed by atoms with Gasteiger partial charge in [0.1, 0.15) is 5.75 Å². The molecule has 0 saturated heterocycles. The van der Waals surface area contributed by atoms with Gasteiger partial charge in [0.15, 0.2) is 5.76 Å². The second-order valence-electron chi connectivity index (χ2n) is 2.52. The second-order valence-corrected chi connectivity index (χ2v) is 2.52. The number of phenolic OH excluding ortho intramolecular Hbond substituents is 1. The molecule has 0 amide bonds. The summed E-state index contributed by atoms with van der Waals surface area (Å²) in [5.41, 5.74) is -0.132. The number of aliphatic hydroxyl groups excluding tert-OH is 2. The van der Waals surface area contributed by atoms with E-state index in [-0.39, 0.29) is 11.3 Å². The maximum Gasteiger partial charge on any atom is 0.374 e. The molecule has 14 heavy (non-hydrogen) atoms. The number of hydrogen-bond acceptors (Lipinski definition) is 4. The molecule has 1 aromatic carbocycles. The molecule has 0 aliphatic carbocycles. The van der Waals surface area contributed by atoms with Crippen molar-refractivity contribution in [1.29, 1.82) is 0 Å². The van der Waals surface area contributed by atoms with Gasteiger partial charge in [0.2, 0.25) is 5.76 Å². The molecule has 1 aromatic rings. The lowest BCUT2D eigenvalue weighted by Gasteiger charge is -2.03. The van der Waals surface area contributed by atoms with Gasteiger partial charge >= 0.3 is 5.97 Å². The van der Waals surface area contributed by atoms with Crippen molar-refractivity contribution >= 4 is 11.7 Å². The van der Waals surface area contributed by atoms with Gasteiger partial charge in [-0.1, -0.05) is 12.1 Å². The second kappa shape index (κ2) is 3.69. The highest BCUT2D eigenvalue weighted by atomic mass is 16.4. The molecule has 0 radical (unpaired) electrons. The number of carboxylic acid groups (broad SMARTS) is 1. The van der Waals surface area contributed by atoms with Crippen LogP contribution in [-0.2, 0) is 4.79 Å². The van der Waals surface area contributed by atoms with E-state index in [1.165, 1.54) is 24.3 Å². The van der Waals surface area contributed by atoms with E-state index >= 15 is 0 Å². The first kappa shape index (κ1) is 9.91. The molecule has 0 bridgehead atoms. The van der Waals surface area contributed by atoms with Crippen LogP contribution in [0.4, 0.5) is 0 Å². The molecule has 0 aliphatic rings. The monoisotopic (exact) mass is 196 g/mol. The number of aliphatic carboxylic acids is 1. The fourth-order valence-corrected chi connectivity index (χ4v) is 0.903. The standard InChI is InChI=1S/C9H8O5/c10-6-4-2-1-3-5(6)7(11)8(12)9(13)14/h1-4,10-12H,(H,13,14). The van der Waals surface area contributed by atoms with Crippen molar-refractivity contribution in [2.24, 2.45) is 0 Å². The topological polar surface area (TPSA) is 98.0 Å². The van der Waals surface area contributed by atoms with Crippen molar-refractivity contribution < 1.29 is 25.2 Å². The Balaban J connectivity index is 3.25. The van der Waals surface area contributed by atoms with E-state index in [4.69, 9.17) is 10.2 Å². The molecule has 4 N–H and O–H groups in total. The first-order chi connectivity index (χ1) is 6.54. The Morgan fingerprint density at radius 1 is 1.07 bits per heavy atom. The Bertz CT molecular complexity index is 394. The number of aliphatic hydroxyl groups is 2. The highest BCUT2D eigenvalue weighted by Gasteiger charge is 2.15. The predicted molar refractivity (Wildman–Crippen MR) is 47.9 cm³/mol. The van der Waals surface area contributed by atoms with Crippen LogP contribution in [0.25, 0.3) is 5.76 Å². The molecule has 0 aromatic heterocycles. The van der Waals surface area contributed by atoms with Gasteiger partial charge in [-0.25, -0.2) is 4.79 Å². The van der Waals surface area contributed by atoms with Gasteiger partial charge in [0.25, 0.3) is 0 Å². The largest absolute Gasteiger partial charge is 0.507 e. The van der Waals surface area contributed by atoms with Crippen LogP contribution in [0.3, 0.4) is 0 Å². The third-order valence-corrected chi connectivity index (χ3v) is 1.59. The number of carboxylic acids is 1. The lowest BCUT2D eigenvalue weighted by molar-refractivity contribution is -0.135. The first-order valence-electron chi connectivity index (χ1n) is 3.68. The Hall–Kier alpha value is -2.17. The van der Waals surface area contributed by atoms with Crippen molar-refractivity contribution in [2.45, 2.75) is 0 Å². The zero-order valence-electron chi connectivity index (χ0n) is 7.01. The summed E-state index contributed by atoms with van der Waals surface area (Å²) in [5.74, 6) is -4.04. The zero-order chi connectivity index (χ0) is 10.7. The summed E-state index contributed by atoms with van der Waals surface area (Å²) in [6, 6.07) is 5.54. The minimum absolute atomic E-state index is 0.132. The fourth-order valence-electron chi connectivity index (χ4n) is 0.903. The minimum Gasteiger partial charge on any atom is -0.507 e. The van der Waals surface area contributed by atoms with Crippen LogP contribution < -0.4 is 0 Å². The molecule has 74 valence electrons. The number of rotatable bonds is 2. The molecule has 0 unspecified atom stereocenters. The normalized spacial score (nSPS) is 12.0. The molecule has 0 fully saturated rings. The predicted octanol–water partition coefficient (Wildman–Crippen LogP) is 1.26. The van der Waals surface area contributed by atoms with Crippen molar-refractivity contribution in [3.05, 3.63) is 35.6 Å². The van der Waals surface area contributed by atoms with Gasteiger partial charge < -0.3 is 20.4 Å². The maximum atomic E-state index is 10.3. The number of benzene rings is 1. The summed E-state index contributed by atoms with van der Waals surface area (Å²) >= 11 is 0. The van der Waals surface area contributed by atoms with Gasteiger partial charge in [-0.15, -0.1) is 0 Å². The summed E-state index contributed by atoms with van der Waals surface area (Å²) in [4.78, 5) is 10.3. The van der Waals surface area contributed by atoms with E-state index < -0.39 is 17.5 Å². The lowest BCUT2D eigenvalue weighted by Crippen LogP contribution is -2.03. The SMILES string of the molecule is O=C(O)C(O)=C(O)c1ccccc1O. The Kier molecular flexibility index (Phi) is 2.62. The molecule has 0 atom stereocenters. The van der Waals surface area contributed by atoms with Crippen LogP contribution >= 0.6 is 0 Å². The number of phenols is 1. The number of para-hydroxylation sites is 1. The molecule has 0 saturated carbocycles. The third-order valence-electron chi connectivity index (χ3n) is 1.59. The average molecular weight is 196 g/mol. The first-order valence-corrected chi connectivity index (χ1v) is 3.68. The van der Waals surface area contributed by atoms with Gasteiger partial charge in [0.05, 0.1) is 5.56 Å². The van der Waals surface area contributed by atoms with E-state index in [1.807, 2.05) is 0 Å². The zero-order valence-corrected chi connectivity index (χ0v) is 7.01. The maximum absolute atomic E-state index is 10.3. The van der Waals surface area contributed by atoms with Crippen LogP contribution in [0, 0.1) is 0 Å². The Labute approximate surface area is 79.2 Å². The molecule has 0 heterocycles. The van der Waals surface area contributed by atoms with Crippen LogP contribution in [0.15, 0.2) is 30.0 Å². The molecular formula is C9H8O5. The highest BCUT2D eigenvalue weighted by Crippen LogP contribution is 2.24. The number of carbonyl (C=O) groups is 1. The summed E-state index contributed by atoms with van der Waals surface area (Å²) in [5, 5.41) is 35.7. The Morgan fingerprint density at radius 2 is 1.64 bits per heavy atom. The van der Waals surface area contributed by atoms with Gasteiger partial charge in [-0.3, -0.25) is 0 Å². The van der Waals surface area contributed by atoms with Crippen LogP contribution in [0.2, 0.25) is 0 Å². The van der Waals surface area contributed by atoms with E-state index in [1.54, 1.807) is 0 Å². The van der Waals surface area contributed by atoms with Crippen molar-refractivity contribution in [3.63, 3.8) is 0 Å². The highest BCUT2D eigenvalue weighted by molar-refractivity contribution is 5.92. The molecule has 5 nitrogen and oxygen atoms in total. The quantitative estimate of drug-likeness (QED) is 0.421. The number of aromatic hydroxyl groups is 1. The lowest BCUT2D eigenvalue weighted by atomic mass is 10.1. The molecule has 1 rings (SSSR count). The van der Waals surface area contributed by atoms with E-state index in [0.29, 0.717) is 0 Å². The van der Waals surface area contributed by atoms with E-state index in [2.05, 4.69) is 0 Å². The van der Waals surface area contributed by atoms with E-state index in [9.17, 15) is 15.0 Å². The molecule has 5 heteroatoms. The molecular weight excluding hydrogens is 188 g/mol. The van der Waals surface area contributed by atoms with E-state index in [0.717, 1.165) is 0 Å². The fraction of sp³-hybridized carbons (Fsp3) is 0. The Morgan fingerprint density at radius 3 is 2.14 bits per heavy atom. The van der Waals surface area contributed by atoms with Crippen LogP contribution in [0.1, 0.15) is 5.56 Å². The third kappa shape index (κ3) is 1.77. The summed E-state index contributed by atoms with van der Waals surface area (Å²) < 4.78 is 0. The van der Waals surface area contributed by atoms with Crippen molar-refractivity contribution in [3.8, 4) is 5.75 Å². The minimum atomic E-state index is -1.66. The smallest absolute Gasteiger partial charge is 0.374 e. The van der Waals surface area contributed by atoms with Gasteiger partial charge in [-0.2, -0.15) is 0 Å². The average Bonchev–Trinajstić information content (AvgIpc) is 2.16. The van der Waals surface area contributed by atoms with Crippen molar-refractivity contribution in [1.82, 2.24) is 0 Å². The molecule has 0 spiro atoms. The van der Waals surface area contributed by atoms with Crippen molar-refractivity contribution in [2.75, 3.05) is 0 Å². The number of hydrogen-bond donors (Lipinski definition) is 4. The van der Waals surface area contributed by atoms with Crippen LogP contribution in [-0.4, -0.2) is 26.4 Å². The summed E-state index contributed by atoms with van der Waals surface area (Å²) in [6.07, 6.45) is 0. The molecule has 0 aliphatic heterocycles. The van der Waals surface area contributed by atoms with Gasteiger partial charge in [-0.05, 0) is 12.1 Å².